The van der Waals surface area contributed by atoms with Crippen molar-refractivity contribution in [1.82, 2.24) is 14.3 Å². The first kappa shape index (κ1) is 12.5. The Morgan fingerprint density at radius 3 is 2.68 bits per heavy atom. The summed E-state index contributed by atoms with van der Waals surface area (Å²) in [6.45, 7) is 0. The van der Waals surface area contributed by atoms with Crippen molar-refractivity contribution in [3.63, 3.8) is 0 Å². The van der Waals surface area contributed by atoms with Crippen molar-refractivity contribution in [2.24, 2.45) is 7.05 Å². The average molecular weight is 330 g/mol. The highest BCUT2D eigenvalue weighted by Gasteiger charge is 2.58. The largest absolute Gasteiger partial charge is 0.350 e. The lowest BCUT2D eigenvalue weighted by atomic mass is 10.1. The van der Waals surface area contributed by atoms with E-state index >= 15 is 0 Å². The zero-order chi connectivity index (χ0) is 13.8. The topological polar surface area (TPSA) is 39.8 Å². The predicted molar refractivity (Wildman–Crippen MR) is 68.8 cm³/mol. The maximum atomic E-state index is 13.2. The number of halogens is 3. The van der Waals surface area contributed by atoms with Gasteiger partial charge in [0, 0.05) is 17.9 Å². The van der Waals surface area contributed by atoms with Gasteiger partial charge in [-0.05, 0) is 23.8 Å². The number of hydrogen-bond donors (Lipinski definition) is 0. The monoisotopic (exact) mass is 329 g/mol. The molecular weight excluding hydrogens is 320 g/mol. The Morgan fingerprint density at radius 2 is 2.16 bits per heavy atom. The van der Waals surface area contributed by atoms with Crippen molar-refractivity contribution in [3.05, 3.63) is 45.0 Å². The van der Waals surface area contributed by atoms with E-state index < -0.39 is 11.8 Å². The van der Waals surface area contributed by atoms with Gasteiger partial charge < -0.3 is 0 Å². The minimum absolute atomic E-state index is 0.142. The Morgan fingerprint density at radius 1 is 1.47 bits per heavy atom. The molecule has 1 aromatic carbocycles. The van der Waals surface area contributed by atoms with E-state index in [0.29, 0.717) is 15.7 Å². The molecule has 0 aliphatic heterocycles. The fraction of sp³-hybridized carbons (Fsp3) is 0.333. The highest BCUT2D eigenvalue weighted by Crippen LogP contribution is 2.57. The van der Waals surface area contributed by atoms with Crippen molar-refractivity contribution in [1.29, 1.82) is 0 Å². The van der Waals surface area contributed by atoms with E-state index in [4.69, 9.17) is 0 Å². The van der Waals surface area contributed by atoms with Crippen LogP contribution in [0.15, 0.2) is 33.8 Å². The van der Waals surface area contributed by atoms with Gasteiger partial charge in [-0.1, -0.05) is 15.9 Å². The number of rotatable bonds is 2. The van der Waals surface area contributed by atoms with Crippen molar-refractivity contribution in [3.8, 4) is 5.69 Å². The number of aromatic nitrogens is 3. The third-order valence-corrected chi connectivity index (χ3v) is 4.00. The summed E-state index contributed by atoms with van der Waals surface area (Å²) in [6.07, 6.45) is 1.23. The van der Waals surface area contributed by atoms with Crippen LogP contribution in [0, 0.1) is 0 Å². The fourth-order valence-corrected chi connectivity index (χ4v) is 2.58. The first-order valence-corrected chi connectivity index (χ1v) is 6.48. The Bertz CT molecular complexity index is 707. The molecule has 0 N–H and O–H groups in total. The third kappa shape index (κ3) is 2.01. The second kappa shape index (κ2) is 4.00. The minimum atomic E-state index is -2.64. The molecule has 100 valence electrons. The molecule has 0 amide bonds. The van der Waals surface area contributed by atoms with Crippen LogP contribution in [-0.2, 0) is 7.05 Å². The average Bonchev–Trinajstić information content (AvgIpc) is 2.86. The maximum absolute atomic E-state index is 13.2. The van der Waals surface area contributed by atoms with E-state index in [-0.39, 0.29) is 12.1 Å². The van der Waals surface area contributed by atoms with Gasteiger partial charge in [-0.15, -0.1) is 0 Å². The van der Waals surface area contributed by atoms with Gasteiger partial charge in [0.1, 0.15) is 6.33 Å². The molecule has 1 fully saturated rings. The highest BCUT2D eigenvalue weighted by molar-refractivity contribution is 9.10. The molecule has 1 aliphatic carbocycles. The molecule has 1 unspecified atom stereocenters. The van der Waals surface area contributed by atoms with Gasteiger partial charge in [0.2, 0.25) is 0 Å². The zero-order valence-corrected chi connectivity index (χ0v) is 11.6. The molecule has 0 saturated heterocycles. The Balaban J connectivity index is 2.08. The second-order valence-electron chi connectivity index (χ2n) is 4.63. The van der Waals surface area contributed by atoms with E-state index in [1.807, 2.05) is 0 Å². The molecule has 4 nitrogen and oxygen atoms in total. The highest BCUT2D eigenvalue weighted by atomic mass is 79.9. The fourth-order valence-electron chi connectivity index (χ4n) is 2.06. The van der Waals surface area contributed by atoms with Gasteiger partial charge in [0.05, 0.1) is 11.6 Å². The standard InChI is InChI=1S/C12H10BrF2N3O/c1-17-11(19)18(6-16-17)7-2-3-10(13)8(4-7)9-5-12(9,14)15/h2-4,6,9H,5H2,1H3. The van der Waals surface area contributed by atoms with Gasteiger partial charge in [-0.25, -0.2) is 22.8 Å². The first-order chi connectivity index (χ1) is 8.90. The summed E-state index contributed by atoms with van der Waals surface area (Å²) in [7, 11) is 1.54. The van der Waals surface area contributed by atoms with Gasteiger partial charge in [-0.2, -0.15) is 5.10 Å². The molecule has 3 rings (SSSR count). The summed E-state index contributed by atoms with van der Waals surface area (Å²) >= 11 is 3.28. The molecule has 2 aromatic rings. The van der Waals surface area contributed by atoms with Crippen LogP contribution in [0.4, 0.5) is 8.78 Å². The smallest absolute Gasteiger partial charge is 0.250 e. The lowest BCUT2D eigenvalue weighted by molar-refractivity contribution is 0.112. The second-order valence-corrected chi connectivity index (χ2v) is 5.49. The van der Waals surface area contributed by atoms with E-state index in [1.165, 1.54) is 22.6 Å². The molecule has 1 aromatic heterocycles. The van der Waals surface area contributed by atoms with Crippen LogP contribution in [0.25, 0.3) is 5.69 Å². The van der Waals surface area contributed by atoms with Crippen LogP contribution in [0.2, 0.25) is 0 Å². The molecule has 19 heavy (non-hydrogen) atoms. The number of hydrogen-bond acceptors (Lipinski definition) is 2. The predicted octanol–water partition coefficient (Wildman–Crippen LogP) is 2.46. The van der Waals surface area contributed by atoms with Crippen LogP contribution in [0.5, 0.6) is 0 Å². The normalized spacial score (nSPS) is 20.5. The van der Waals surface area contributed by atoms with E-state index in [1.54, 1.807) is 18.2 Å². The SMILES string of the molecule is Cn1ncn(-c2ccc(Br)c(C3CC3(F)F)c2)c1=O. The molecule has 0 bridgehead atoms. The van der Waals surface area contributed by atoms with Crippen molar-refractivity contribution in [2.45, 2.75) is 18.3 Å². The molecule has 7 heteroatoms. The molecule has 1 saturated carbocycles. The lowest BCUT2D eigenvalue weighted by Gasteiger charge is -2.07. The van der Waals surface area contributed by atoms with E-state index in [9.17, 15) is 13.6 Å². The Labute approximate surface area is 115 Å². The van der Waals surface area contributed by atoms with Crippen LogP contribution < -0.4 is 5.69 Å². The van der Waals surface area contributed by atoms with Crippen LogP contribution in [-0.4, -0.2) is 20.3 Å². The molecule has 1 heterocycles. The van der Waals surface area contributed by atoms with Crippen LogP contribution in [0.3, 0.4) is 0 Å². The molecule has 0 radical (unpaired) electrons. The Kier molecular flexibility index (Phi) is 2.63. The summed E-state index contributed by atoms with van der Waals surface area (Å²) in [5, 5.41) is 3.84. The summed E-state index contributed by atoms with van der Waals surface area (Å²) in [5.41, 5.74) is 0.757. The van der Waals surface area contributed by atoms with Crippen LogP contribution in [0.1, 0.15) is 17.9 Å². The maximum Gasteiger partial charge on any atom is 0.350 e. The van der Waals surface area contributed by atoms with Gasteiger partial charge >= 0.3 is 5.69 Å². The van der Waals surface area contributed by atoms with E-state index in [0.717, 1.165) is 0 Å². The van der Waals surface area contributed by atoms with Crippen molar-refractivity contribution in [2.75, 3.05) is 0 Å². The number of benzene rings is 1. The number of alkyl halides is 2. The zero-order valence-electron chi connectivity index (χ0n) is 9.98. The van der Waals surface area contributed by atoms with Crippen molar-refractivity contribution >= 4 is 15.9 Å². The molecule has 1 aliphatic rings. The van der Waals surface area contributed by atoms with Gasteiger partial charge in [0.25, 0.3) is 5.92 Å². The van der Waals surface area contributed by atoms with Gasteiger partial charge in [-0.3, -0.25) is 0 Å². The summed E-state index contributed by atoms with van der Waals surface area (Å²) in [4.78, 5) is 11.8. The minimum Gasteiger partial charge on any atom is -0.250 e. The van der Waals surface area contributed by atoms with Crippen LogP contribution >= 0.6 is 15.9 Å². The first-order valence-electron chi connectivity index (χ1n) is 5.68. The quantitative estimate of drug-likeness (QED) is 0.849. The molecular formula is C12H10BrF2N3O. The summed E-state index contributed by atoms with van der Waals surface area (Å²) < 4.78 is 29.5. The summed E-state index contributed by atoms with van der Waals surface area (Å²) in [5.74, 6) is -3.41. The summed E-state index contributed by atoms with van der Waals surface area (Å²) in [6, 6.07) is 4.98. The third-order valence-electron chi connectivity index (χ3n) is 3.28. The number of aryl methyl sites for hydroxylation is 1. The molecule has 1 atom stereocenters. The van der Waals surface area contributed by atoms with E-state index in [2.05, 4.69) is 21.0 Å². The lowest BCUT2D eigenvalue weighted by Crippen LogP contribution is -2.21. The van der Waals surface area contributed by atoms with Gasteiger partial charge in [0.15, 0.2) is 0 Å². The molecule has 0 spiro atoms. The number of nitrogens with zero attached hydrogens (tertiary/aromatic N) is 3. The Hall–Kier alpha value is -1.50. The van der Waals surface area contributed by atoms with Crippen molar-refractivity contribution < 1.29 is 8.78 Å².